The predicted octanol–water partition coefficient (Wildman–Crippen LogP) is 1.98. The fourth-order valence-electron chi connectivity index (χ4n) is 2.48. The molecule has 4 nitrogen and oxygen atoms in total. The van der Waals surface area contributed by atoms with Gasteiger partial charge in [-0.3, -0.25) is 9.59 Å². The van der Waals surface area contributed by atoms with Gasteiger partial charge in [0.15, 0.2) is 11.6 Å². The molecule has 0 bridgehead atoms. The van der Waals surface area contributed by atoms with Crippen LogP contribution >= 0.6 is 0 Å². The van der Waals surface area contributed by atoms with Gasteiger partial charge in [0.1, 0.15) is 6.04 Å². The van der Waals surface area contributed by atoms with E-state index in [2.05, 4.69) is 5.32 Å². The molecule has 2 unspecified atom stereocenters. The third-order valence-corrected chi connectivity index (χ3v) is 3.71. The van der Waals surface area contributed by atoms with Crippen molar-refractivity contribution >= 4 is 11.8 Å². The first-order valence-electron chi connectivity index (χ1n) is 6.96. The number of hydrogen-bond acceptors (Lipinski definition) is 2. The first kappa shape index (κ1) is 15.4. The van der Waals surface area contributed by atoms with Crippen molar-refractivity contribution < 1.29 is 18.4 Å². The van der Waals surface area contributed by atoms with Crippen LogP contribution in [-0.4, -0.2) is 28.8 Å². The lowest BCUT2D eigenvalue weighted by molar-refractivity contribution is -0.135. The Bertz CT molecular complexity index is 563. The zero-order valence-electron chi connectivity index (χ0n) is 12.0. The van der Waals surface area contributed by atoms with E-state index in [1.807, 2.05) is 0 Å². The van der Waals surface area contributed by atoms with Crippen molar-refractivity contribution in [3.05, 3.63) is 35.4 Å². The van der Waals surface area contributed by atoms with E-state index >= 15 is 0 Å². The number of amides is 2. The summed E-state index contributed by atoms with van der Waals surface area (Å²) in [6.45, 7) is 3.47. The van der Waals surface area contributed by atoms with Crippen LogP contribution in [0.15, 0.2) is 18.2 Å². The van der Waals surface area contributed by atoms with Gasteiger partial charge in [0.05, 0.1) is 0 Å². The zero-order valence-corrected chi connectivity index (χ0v) is 12.0. The summed E-state index contributed by atoms with van der Waals surface area (Å²) >= 11 is 0. The van der Waals surface area contributed by atoms with E-state index < -0.39 is 17.7 Å². The minimum atomic E-state index is -0.950. The number of carbonyl (C=O) groups is 2. The number of carbonyl (C=O) groups excluding carboxylic acids is 2. The maximum absolute atomic E-state index is 13.8. The quantitative estimate of drug-likeness (QED) is 0.927. The summed E-state index contributed by atoms with van der Waals surface area (Å²) < 4.78 is 27.0. The molecular weight excluding hydrogens is 278 g/mol. The van der Waals surface area contributed by atoms with E-state index in [4.69, 9.17) is 0 Å². The first-order valence-corrected chi connectivity index (χ1v) is 6.96. The van der Waals surface area contributed by atoms with Crippen molar-refractivity contribution in [2.24, 2.45) is 0 Å². The number of rotatable bonds is 3. The molecule has 1 N–H and O–H groups in total. The molecule has 1 heterocycles. The molecule has 21 heavy (non-hydrogen) atoms. The molecule has 1 aromatic rings. The van der Waals surface area contributed by atoms with Gasteiger partial charge in [-0.1, -0.05) is 19.1 Å². The Morgan fingerprint density at radius 3 is 2.71 bits per heavy atom. The van der Waals surface area contributed by atoms with Gasteiger partial charge in [0.25, 0.3) is 0 Å². The summed E-state index contributed by atoms with van der Waals surface area (Å²) in [7, 11) is 0. The monoisotopic (exact) mass is 296 g/mol. The Labute approximate surface area is 122 Å². The van der Waals surface area contributed by atoms with Crippen molar-refractivity contribution in [1.82, 2.24) is 10.2 Å². The van der Waals surface area contributed by atoms with E-state index in [9.17, 15) is 18.4 Å². The van der Waals surface area contributed by atoms with Crippen molar-refractivity contribution in [3.8, 4) is 0 Å². The van der Waals surface area contributed by atoms with Crippen LogP contribution in [0.25, 0.3) is 0 Å². The summed E-state index contributed by atoms with van der Waals surface area (Å²) in [5, 5.41) is 2.65. The van der Waals surface area contributed by atoms with Crippen molar-refractivity contribution in [2.45, 2.75) is 45.3 Å². The molecule has 0 aromatic heterocycles. The Kier molecular flexibility index (Phi) is 4.55. The highest BCUT2D eigenvalue weighted by Gasteiger charge is 2.33. The average Bonchev–Trinajstić information content (AvgIpc) is 2.54. The SMILES string of the molecule is CCC1NC(=O)CC(C)N(Cc2cccc(F)c2F)C1=O. The second-order valence-electron chi connectivity index (χ2n) is 5.26. The van der Waals surface area contributed by atoms with Crippen LogP contribution in [0.1, 0.15) is 32.3 Å². The molecule has 2 rings (SSSR count). The van der Waals surface area contributed by atoms with Crippen molar-refractivity contribution in [1.29, 1.82) is 0 Å². The molecule has 1 aromatic carbocycles. The van der Waals surface area contributed by atoms with Gasteiger partial charge < -0.3 is 10.2 Å². The van der Waals surface area contributed by atoms with Gasteiger partial charge >= 0.3 is 0 Å². The summed E-state index contributed by atoms with van der Waals surface area (Å²) in [6.07, 6.45) is 0.610. The van der Waals surface area contributed by atoms with E-state index in [0.29, 0.717) is 6.42 Å². The minimum absolute atomic E-state index is 0.0466. The molecule has 1 aliphatic heterocycles. The lowest BCUT2D eigenvalue weighted by Gasteiger charge is -2.28. The molecule has 114 valence electrons. The summed E-state index contributed by atoms with van der Waals surface area (Å²) in [5.74, 6) is -2.36. The predicted molar refractivity (Wildman–Crippen MR) is 73.2 cm³/mol. The van der Waals surface area contributed by atoms with Crippen LogP contribution in [0.2, 0.25) is 0 Å². The molecule has 1 saturated heterocycles. The van der Waals surface area contributed by atoms with Gasteiger partial charge in [-0.05, 0) is 19.4 Å². The Hall–Kier alpha value is -1.98. The standard InChI is InChI=1S/C15H18F2N2O2/c1-3-12-15(21)19(9(2)7-13(20)18-12)8-10-5-4-6-11(16)14(10)17/h4-6,9,12H,3,7-8H2,1-2H3,(H,18,20). The molecule has 1 aliphatic rings. The highest BCUT2D eigenvalue weighted by molar-refractivity contribution is 5.90. The Balaban J connectivity index is 2.29. The van der Waals surface area contributed by atoms with Crippen LogP contribution in [0.5, 0.6) is 0 Å². The Morgan fingerprint density at radius 1 is 1.33 bits per heavy atom. The van der Waals surface area contributed by atoms with Gasteiger partial charge in [-0.2, -0.15) is 0 Å². The fraction of sp³-hybridized carbons (Fsp3) is 0.467. The van der Waals surface area contributed by atoms with Gasteiger partial charge in [0, 0.05) is 24.6 Å². The number of halogens is 2. The normalized spacial score (nSPS) is 23.0. The first-order chi connectivity index (χ1) is 9.93. The lowest BCUT2D eigenvalue weighted by Crippen LogP contribution is -2.45. The summed E-state index contributed by atoms with van der Waals surface area (Å²) in [6, 6.07) is 2.91. The largest absolute Gasteiger partial charge is 0.344 e. The second-order valence-corrected chi connectivity index (χ2v) is 5.26. The van der Waals surface area contributed by atoms with Crippen LogP contribution in [0.4, 0.5) is 8.78 Å². The molecule has 2 amide bonds. The third kappa shape index (κ3) is 3.20. The number of benzene rings is 1. The molecular formula is C15H18F2N2O2. The molecule has 2 atom stereocenters. The highest BCUT2D eigenvalue weighted by atomic mass is 19.2. The molecule has 0 radical (unpaired) electrons. The average molecular weight is 296 g/mol. The molecule has 0 aliphatic carbocycles. The smallest absolute Gasteiger partial charge is 0.245 e. The van der Waals surface area contributed by atoms with E-state index in [1.165, 1.54) is 17.0 Å². The van der Waals surface area contributed by atoms with Crippen molar-refractivity contribution in [2.75, 3.05) is 0 Å². The van der Waals surface area contributed by atoms with Gasteiger partial charge in [-0.25, -0.2) is 8.78 Å². The fourth-order valence-corrected chi connectivity index (χ4v) is 2.48. The van der Waals surface area contributed by atoms with Crippen LogP contribution in [0.3, 0.4) is 0 Å². The van der Waals surface area contributed by atoms with E-state index in [0.717, 1.165) is 6.07 Å². The second kappa shape index (κ2) is 6.20. The maximum atomic E-state index is 13.8. The zero-order chi connectivity index (χ0) is 15.6. The maximum Gasteiger partial charge on any atom is 0.245 e. The molecule has 0 spiro atoms. The summed E-state index contributed by atoms with van der Waals surface area (Å²) in [5.41, 5.74) is 0.111. The van der Waals surface area contributed by atoms with Crippen LogP contribution < -0.4 is 5.32 Å². The highest BCUT2D eigenvalue weighted by Crippen LogP contribution is 2.19. The van der Waals surface area contributed by atoms with Gasteiger partial charge in [0.2, 0.25) is 11.8 Å². The topological polar surface area (TPSA) is 49.4 Å². The van der Waals surface area contributed by atoms with Crippen LogP contribution in [0, 0.1) is 11.6 Å². The number of hydrogen-bond donors (Lipinski definition) is 1. The molecule has 1 fully saturated rings. The molecule has 6 heteroatoms. The number of nitrogens with zero attached hydrogens (tertiary/aromatic N) is 1. The summed E-state index contributed by atoms with van der Waals surface area (Å²) in [4.78, 5) is 25.6. The van der Waals surface area contributed by atoms with E-state index in [1.54, 1.807) is 13.8 Å². The van der Waals surface area contributed by atoms with Crippen LogP contribution in [-0.2, 0) is 16.1 Å². The Morgan fingerprint density at radius 2 is 2.05 bits per heavy atom. The van der Waals surface area contributed by atoms with E-state index in [-0.39, 0.29) is 36.4 Å². The lowest BCUT2D eigenvalue weighted by atomic mass is 10.1. The van der Waals surface area contributed by atoms with Crippen molar-refractivity contribution in [3.63, 3.8) is 0 Å². The molecule has 0 saturated carbocycles. The minimum Gasteiger partial charge on any atom is -0.344 e. The third-order valence-electron chi connectivity index (χ3n) is 3.71. The number of nitrogens with one attached hydrogen (secondary N) is 1. The van der Waals surface area contributed by atoms with Gasteiger partial charge in [-0.15, -0.1) is 0 Å².